The van der Waals surface area contributed by atoms with Crippen LogP contribution in [0.4, 0.5) is 0 Å². The molecule has 2 aromatic carbocycles. The standard InChI is InChI=1S/C17H15NO2/c1-18-10-14(11-19)16-9-15(7-8-17(16)18)20-12-13-5-3-2-4-6-13/h2-11H,12H2,1H3. The van der Waals surface area contributed by atoms with E-state index in [0.717, 1.165) is 28.5 Å². The van der Waals surface area contributed by atoms with Gasteiger partial charge in [-0.1, -0.05) is 30.3 Å². The van der Waals surface area contributed by atoms with Gasteiger partial charge in [0.1, 0.15) is 12.4 Å². The zero-order valence-electron chi connectivity index (χ0n) is 11.2. The number of carbonyl (C=O) groups excluding carboxylic acids is 1. The SMILES string of the molecule is Cn1cc(C=O)c2cc(OCc3ccccc3)ccc21. The molecule has 1 heterocycles. The van der Waals surface area contributed by atoms with Gasteiger partial charge in [0, 0.05) is 29.7 Å². The zero-order valence-corrected chi connectivity index (χ0v) is 11.2. The molecule has 20 heavy (non-hydrogen) atoms. The zero-order chi connectivity index (χ0) is 13.9. The van der Waals surface area contributed by atoms with Gasteiger partial charge >= 0.3 is 0 Å². The Balaban J connectivity index is 1.87. The van der Waals surface area contributed by atoms with Crippen LogP contribution in [-0.2, 0) is 13.7 Å². The Hall–Kier alpha value is -2.55. The number of benzene rings is 2. The van der Waals surface area contributed by atoms with Crippen molar-refractivity contribution in [3.8, 4) is 5.75 Å². The predicted octanol–water partition coefficient (Wildman–Crippen LogP) is 3.57. The Morgan fingerprint density at radius 3 is 2.70 bits per heavy atom. The van der Waals surface area contributed by atoms with E-state index in [1.54, 1.807) is 0 Å². The first-order valence-electron chi connectivity index (χ1n) is 6.49. The first-order valence-corrected chi connectivity index (χ1v) is 6.49. The maximum atomic E-state index is 11.1. The third-order valence-electron chi connectivity index (χ3n) is 3.37. The van der Waals surface area contributed by atoms with E-state index in [0.29, 0.717) is 12.2 Å². The summed E-state index contributed by atoms with van der Waals surface area (Å²) in [5, 5.41) is 0.924. The molecule has 0 saturated heterocycles. The van der Waals surface area contributed by atoms with Gasteiger partial charge in [0.15, 0.2) is 6.29 Å². The monoisotopic (exact) mass is 265 g/mol. The summed E-state index contributed by atoms with van der Waals surface area (Å²) in [7, 11) is 1.93. The van der Waals surface area contributed by atoms with Crippen molar-refractivity contribution in [3.05, 3.63) is 65.9 Å². The van der Waals surface area contributed by atoms with Gasteiger partial charge in [-0.15, -0.1) is 0 Å². The fourth-order valence-corrected chi connectivity index (χ4v) is 2.33. The summed E-state index contributed by atoms with van der Waals surface area (Å²) in [5.74, 6) is 0.774. The highest BCUT2D eigenvalue weighted by Crippen LogP contribution is 2.25. The molecule has 3 rings (SSSR count). The van der Waals surface area contributed by atoms with Crippen molar-refractivity contribution in [2.24, 2.45) is 7.05 Å². The summed E-state index contributed by atoms with van der Waals surface area (Å²) >= 11 is 0. The van der Waals surface area contributed by atoms with Crippen molar-refractivity contribution in [3.63, 3.8) is 0 Å². The Kier molecular flexibility index (Phi) is 3.25. The molecule has 0 saturated carbocycles. The van der Waals surface area contributed by atoms with Crippen molar-refractivity contribution in [1.29, 1.82) is 0 Å². The van der Waals surface area contributed by atoms with Crippen LogP contribution in [0, 0.1) is 0 Å². The van der Waals surface area contributed by atoms with E-state index in [-0.39, 0.29) is 0 Å². The molecule has 1 aromatic heterocycles. The van der Waals surface area contributed by atoms with Crippen LogP contribution < -0.4 is 4.74 Å². The van der Waals surface area contributed by atoms with Crippen LogP contribution in [-0.4, -0.2) is 10.9 Å². The third kappa shape index (κ3) is 2.30. The van der Waals surface area contributed by atoms with E-state index in [9.17, 15) is 4.79 Å². The van der Waals surface area contributed by atoms with Crippen LogP contribution >= 0.6 is 0 Å². The normalized spacial score (nSPS) is 10.7. The molecule has 0 unspecified atom stereocenters. The van der Waals surface area contributed by atoms with E-state index >= 15 is 0 Å². The van der Waals surface area contributed by atoms with Gasteiger partial charge in [-0.2, -0.15) is 0 Å². The number of ether oxygens (including phenoxy) is 1. The van der Waals surface area contributed by atoms with Crippen LogP contribution in [0.3, 0.4) is 0 Å². The highest BCUT2D eigenvalue weighted by molar-refractivity contribution is 5.98. The molecule has 3 nitrogen and oxygen atoms in total. The van der Waals surface area contributed by atoms with Gasteiger partial charge in [0.2, 0.25) is 0 Å². The molecule has 0 amide bonds. The van der Waals surface area contributed by atoms with Crippen LogP contribution in [0.15, 0.2) is 54.7 Å². The number of aldehydes is 1. The molecule has 0 radical (unpaired) electrons. The molecule has 0 spiro atoms. The molecule has 0 bridgehead atoms. The topological polar surface area (TPSA) is 31.2 Å². The molecule has 0 atom stereocenters. The molecule has 3 heteroatoms. The third-order valence-corrected chi connectivity index (χ3v) is 3.37. The molecular weight excluding hydrogens is 250 g/mol. The van der Waals surface area contributed by atoms with E-state index in [4.69, 9.17) is 4.74 Å². The molecule has 0 aliphatic carbocycles. The molecule has 100 valence electrons. The smallest absolute Gasteiger partial charge is 0.152 e. The summed E-state index contributed by atoms with van der Waals surface area (Å²) in [6, 6.07) is 15.8. The molecular formula is C17H15NO2. The Labute approximate surface area is 117 Å². The van der Waals surface area contributed by atoms with Crippen molar-refractivity contribution in [2.45, 2.75) is 6.61 Å². The predicted molar refractivity (Wildman–Crippen MR) is 79.1 cm³/mol. The number of carbonyl (C=O) groups is 1. The van der Waals surface area contributed by atoms with Crippen LogP contribution in [0.5, 0.6) is 5.75 Å². The van der Waals surface area contributed by atoms with Crippen LogP contribution in [0.2, 0.25) is 0 Å². The maximum absolute atomic E-state index is 11.1. The largest absolute Gasteiger partial charge is 0.489 e. The van der Waals surface area contributed by atoms with Crippen molar-refractivity contribution in [2.75, 3.05) is 0 Å². The molecule has 0 aliphatic heterocycles. The quantitative estimate of drug-likeness (QED) is 0.675. The van der Waals surface area contributed by atoms with Gasteiger partial charge in [0.05, 0.1) is 0 Å². The molecule has 0 aliphatic rings. The van der Waals surface area contributed by atoms with E-state index in [1.807, 2.05) is 66.3 Å². The van der Waals surface area contributed by atoms with Crippen LogP contribution in [0.1, 0.15) is 15.9 Å². The first-order chi connectivity index (χ1) is 9.78. The Morgan fingerprint density at radius 2 is 1.95 bits per heavy atom. The second kappa shape index (κ2) is 5.21. The van der Waals surface area contributed by atoms with Gasteiger partial charge in [0.25, 0.3) is 0 Å². The minimum Gasteiger partial charge on any atom is -0.489 e. The van der Waals surface area contributed by atoms with Crippen molar-refractivity contribution < 1.29 is 9.53 Å². The average Bonchev–Trinajstić information content (AvgIpc) is 2.82. The molecule has 0 fully saturated rings. The minimum atomic E-state index is 0.523. The highest BCUT2D eigenvalue weighted by atomic mass is 16.5. The van der Waals surface area contributed by atoms with E-state index in [2.05, 4.69) is 0 Å². The molecule has 3 aromatic rings. The summed E-state index contributed by atoms with van der Waals surface area (Å²) in [6.07, 6.45) is 2.71. The lowest BCUT2D eigenvalue weighted by molar-refractivity contribution is 0.112. The Bertz CT molecular complexity index is 744. The number of hydrogen-bond donors (Lipinski definition) is 0. The van der Waals surface area contributed by atoms with Crippen molar-refractivity contribution in [1.82, 2.24) is 4.57 Å². The highest BCUT2D eigenvalue weighted by Gasteiger charge is 2.07. The summed E-state index contributed by atoms with van der Waals surface area (Å²) in [6.45, 7) is 0.523. The van der Waals surface area contributed by atoms with E-state index < -0.39 is 0 Å². The lowest BCUT2D eigenvalue weighted by atomic mass is 10.2. The summed E-state index contributed by atoms with van der Waals surface area (Å²) in [4.78, 5) is 11.1. The van der Waals surface area contributed by atoms with Gasteiger partial charge in [-0.3, -0.25) is 4.79 Å². The van der Waals surface area contributed by atoms with Crippen LogP contribution in [0.25, 0.3) is 10.9 Å². The Morgan fingerprint density at radius 1 is 1.15 bits per heavy atom. The van der Waals surface area contributed by atoms with E-state index in [1.165, 1.54) is 0 Å². The maximum Gasteiger partial charge on any atom is 0.152 e. The fraction of sp³-hybridized carbons (Fsp3) is 0.118. The lowest BCUT2D eigenvalue weighted by Gasteiger charge is -2.07. The summed E-state index contributed by atoms with van der Waals surface area (Å²) < 4.78 is 7.73. The average molecular weight is 265 g/mol. The van der Waals surface area contributed by atoms with Gasteiger partial charge in [-0.05, 0) is 23.8 Å². The number of rotatable bonds is 4. The second-order valence-electron chi connectivity index (χ2n) is 4.77. The lowest BCUT2D eigenvalue weighted by Crippen LogP contribution is -1.95. The summed E-state index contributed by atoms with van der Waals surface area (Å²) in [5.41, 5.74) is 2.84. The van der Waals surface area contributed by atoms with Gasteiger partial charge in [-0.25, -0.2) is 0 Å². The number of hydrogen-bond acceptors (Lipinski definition) is 2. The number of aromatic nitrogens is 1. The number of fused-ring (bicyclic) bond motifs is 1. The first kappa shape index (κ1) is 12.5. The second-order valence-corrected chi connectivity index (χ2v) is 4.77. The number of nitrogens with zero attached hydrogens (tertiary/aromatic N) is 1. The molecule has 0 N–H and O–H groups in total. The number of aryl methyl sites for hydroxylation is 1. The minimum absolute atomic E-state index is 0.523. The fourth-order valence-electron chi connectivity index (χ4n) is 2.33. The van der Waals surface area contributed by atoms with Crippen molar-refractivity contribution >= 4 is 17.2 Å². The van der Waals surface area contributed by atoms with Gasteiger partial charge < -0.3 is 9.30 Å².